The number of hydrogen-bond acceptors (Lipinski definition) is 3. The van der Waals surface area contributed by atoms with Crippen LogP contribution >= 0.6 is 22.6 Å². The molecule has 2 aromatic rings. The first-order valence-corrected chi connectivity index (χ1v) is 9.48. The first kappa shape index (κ1) is 17.7. The Kier molecular flexibility index (Phi) is 4.89. The topological polar surface area (TPSA) is 54.3 Å². The highest BCUT2D eigenvalue weighted by molar-refractivity contribution is 14.1. The molecule has 2 aliphatic heterocycles. The van der Waals surface area contributed by atoms with Gasteiger partial charge in [0.05, 0.1) is 7.11 Å². The number of amides is 1. The van der Waals surface area contributed by atoms with Gasteiger partial charge in [-0.2, -0.15) is 4.99 Å². The molecule has 27 heavy (non-hydrogen) atoms. The lowest BCUT2D eigenvalue weighted by Crippen LogP contribution is -2.24. The third kappa shape index (κ3) is 3.71. The van der Waals surface area contributed by atoms with Gasteiger partial charge in [-0.25, -0.2) is 4.99 Å². The van der Waals surface area contributed by atoms with Gasteiger partial charge in [-0.05, 0) is 58.5 Å². The lowest BCUT2D eigenvalue weighted by molar-refractivity contribution is 0.100. The number of amidine groups is 2. The molecule has 1 amide bonds. The second-order valence-corrected chi connectivity index (χ2v) is 7.32. The number of carbonyl (C=O) groups is 1. The molecule has 0 aliphatic carbocycles. The molecule has 134 valence electrons. The van der Waals surface area contributed by atoms with E-state index in [1.165, 1.54) is 0 Å². The van der Waals surface area contributed by atoms with Crippen LogP contribution in [0.5, 0.6) is 5.75 Å². The molecule has 0 N–H and O–H groups in total. The number of methoxy groups -OCH3 is 1. The minimum Gasteiger partial charge on any atom is -0.497 e. The third-order valence-corrected chi connectivity index (χ3v) is 4.95. The highest BCUT2D eigenvalue weighted by Gasteiger charge is 2.21. The molecule has 0 radical (unpaired) electrons. The van der Waals surface area contributed by atoms with Crippen molar-refractivity contribution in [2.24, 2.45) is 9.98 Å². The number of benzene rings is 2. The maximum Gasteiger partial charge on any atom is 0.279 e. The first-order valence-electron chi connectivity index (χ1n) is 8.40. The Labute approximate surface area is 170 Å². The smallest absolute Gasteiger partial charge is 0.279 e. The van der Waals surface area contributed by atoms with Crippen LogP contribution in [0, 0.1) is 0 Å². The monoisotopic (exact) mass is 469 g/mol. The average molecular weight is 469 g/mol. The van der Waals surface area contributed by atoms with E-state index in [-0.39, 0.29) is 5.91 Å². The van der Waals surface area contributed by atoms with E-state index in [0.29, 0.717) is 23.7 Å². The number of halogens is 1. The maximum atomic E-state index is 12.8. The molecular formula is C21H16IN3O2. The van der Waals surface area contributed by atoms with Crippen molar-refractivity contribution in [1.29, 1.82) is 0 Å². The summed E-state index contributed by atoms with van der Waals surface area (Å²) in [5, 5.41) is 0. The summed E-state index contributed by atoms with van der Waals surface area (Å²) in [5.41, 5.74) is 2.41. The number of hydrogen-bond donors (Lipinski definition) is 0. The van der Waals surface area contributed by atoms with E-state index >= 15 is 0 Å². The fourth-order valence-electron chi connectivity index (χ4n) is 2.97. The Hall–Kier alpha value is -2.74. The molecule has 0 spiro atoms. The highest BCUT2D eigenvalue weighted by atomic mass is 127. The largest absolute Gasteiger partial charge is 0.497 e. The van der Waals surface area contributed by atoms with Gasteiger partial charge in [-0.15, -0.1) is 0 Å². The Morgan fingerprint density at radius 1 is 1.19 bits per heavy atom. The summed E-state index contributed by atoms with van der Waals surface area (Å²) in [6, 6.07) is 14.9. The van der Waals surface area contributed by atoms with Gasteiger partial charge < -0.3 is 9.64 Å². The Morgan fingerprint density at radius 2 is 2.04 bits per heavy atom. The van der Waals surface area contributed by atoms with E-state index in [4.69, 9.17) is 4.74 Å². The van der Waals surface area contributed by atoms with E-state index < -0.39 is 0 Å². The SMILES string of the molecule is COc1cccc(C(=O)N=C2N=C3C=CC(I)=CN3Cc3ccccc32)c1. The third-order valence-electron chi connectivity index (χ3n) is 4.31. The lowest BCUT2D eigenvalue weighted by atomic mass is 10.1. The molecule has 0 saturated carbocycles. The normalized spacial score (nSPS) is 16.8. The summed E-state index contributed by atoms with van der Waals surface area (Å²) in [5.74, 6) is 1.46. The minimum absolute atomic E-state index is 0.346. The zero-order valence-corrected chi connectivity index (χ0v) is 16.8. The lowest BCUT2D eigenvalue weighted by Gasteiger charge is -2.21. The van der Waals surface area contributed by atoms with Crippen LogP contribution in [0.4, 0.5) is 0 Å². The van der Waals surface area contributed by atoms with Crippen LogP contribution in [0.25, 0.3) is 0 Å². The molecule has 2 aliphatic rings. The van der Waals surface area contributed by atoms with Crippen molar-refractivity contribution in [2.45, 2.75) is 6.54 Å². The van der Waals surface area contributed by atoms with Gasteiger partial charge in [0.1, 0.15) is 11.6 Å². The standard InChI is InChI=1S/C21H16IN3O2/c1-27-17-7-4-6-14(11-17)21(26)24-20-18-8-3-2-5-15(18)12-25-13-16(22)9-10-19(25)23-20/h2-11,13H,12H2,1H3. The maximum absolute atomic E-state index is 12.8. The van der Waals surface area contributed by atoms with Crippen molar-refractivity contribution < 1.29 is 9.53 Å². The molecule has 6 heteroatoms. The van der Waals surface area contributed by atoms with Crippen molar-refractivity contribution in [3.8, 4) is 5.75 Å². The zero-order chi connectivity index (χ0) is 18.8. The molecule has 0 atom stereocenters. The number of aliphatic imine (C=N–C) groups is 2. The predicted molar refractivity (Wildman–Crippen MR) is 115 cm³/mol. The van der Waals surface area contributed by atoms with Gasteiger partial charge in [-0.1, -0.05) is 30.3 Å². The fraction of sp³-hybridized carbons (Fsp3) is 0.0952. The number of carbonyl (C=O) groups excluding carboxylic acids is 1. The van der Waals surface area contributed by atoms with Crippen LogP contribution in [-0.4, -0.2) is 29.6 Å². The Bertz CT molecular complexity index is 1040. The summed E-state index contributed by atoms with van der Waals surface area (Å²) in [6.45, 7) is 0.679. The van der Waals surface area contributed by atoms with Crippen molar-refractivity contribution >= 4 is 40.2 Å². The number of nitrogens with zero attached hydrogens (tertiary/aromatic N) is 3. The molecule has 2 heterocycles. The minimum atomic E-state index is -0.346. The van der Waals surface area contributed by atoms with E-state index in [2.05, 4.69) is 37.5 Å². The van der Waals surface area contributed by atoms with Gasteiger partial charge in [-0.3, -0.25) is 4.79 Å². The Morgan fingerprint density at radius 3 is 2.89 bits per heavy atom. The van der Waals surface area contributed by atoms with Crippen molar-refractivity contribution in [3.05, 3.63) is 87.2 Å². The number of rotatable bonds is 2. The number of allylic oxidation sites excluding steroid dienone is 2. The van der Waals surface area contributed by atoms with Crippen LogP contribution in [0.3, 0.4) is 0 Å². The van der Waals surface area contributed by atoms with Crippen LogP contribution in [-0.2, 0) is 6.54 Å². The summed E-state index contributed by atoms with van der Waals surface area (Å²) in [7, 11) is 1.57. The van der Waals surface area contributed by atoms with E-state index in [1.54, 1.807) is 31.4 Å². The Balaban J connectivity index is 1.80. The van der Waals surface area contributed by atoms with E-state index in [9.17, 15) is 4.79 Å². The molecule has 0 unspecified atom stereocenters. The quantitative estimate of drug-likeness (QED) is 0.615. The summed E-state index contributed by atoms with van der Waals surface area (Å²) >= 11 is 2.28. The van der Waals surface area contributed by atoms with Crippen molar-refractivity contribution in [2.75, 3.05) is 7.11 Å². The van der Waals surface area contributed by atoms with Gasteiger partial charge in [0.2, 0.25) is 0 Å². The number of ether oxygens (including phenoxy) is 1. The van der Waals surface area contributed by atoms with Crippen LogP contribution in [0.1, 0.15) is 21.5 Å². The summed E-state index contributed by atoms with van der Waals surface area (Å²) in [6.07, 6.45) is 5.98. The molecule has 5 nitrogen and oxygen atoms in total. The average Bonchev–Trinajstić information content (AvgIpc) is 2.84. The molecule has 0 bridgehead atoms. The molecule has 4 rings (SSSR count). The van der Waals surface area contributed by atoms with Gasteiger partial charge in [0.15, 0.2) is 5.84 Å². The van der Waals surface area contributed by atoms with Crippen LogP contribution in [0.15, 0.2) is 80.4 Å². The second-order valence-electron chi connectivity index (χ2n) is 6.07. The molecule has 0 fully saturated rings. The summed E-state index contributed by atoms with van der Waals surface area (Å²) < 4.78 is 6.32. The van der Waals surface area contributed by atoms with Gasteiger partial charge in [0, 0.05) is 27.5 Å². The van der Waals surface area contributed by atoms with Crippen molar-refractivity contribution in [1.82, 2.24) is 4.90 Å². The molecule has 0 saturated heterocycles. The molecule has 0 aromatic heterocycles. The number of fused-ring (bicyclic) bond motifs is 2. The van der Waals surface area contributed by atoms with Gasteiger partial charge in [0.25, 0.3) is 5.91 Å². The molecular weight excluding hydrogens is 453 g/mol. The van der Waals surface area contributed by atoms with E-state index in [0.717, 1.165) is 20.5 Å². The second kappa shape index (κ2) is 7.48. The predicted octanol–water partition coefficient (Wildman–Crippen LogP) is 4.34. The summed E-state index contributed by atoms with van der Waals surface area (Å²) in [4.78, 5) is 23.9. The molecule has 2 aromatic carbocycles. The van der Waals surface area contributed by atoms with Crippen molar-refractivity contribution in [3.63, 3.8) is 0 Å². The fourth-order valence-corrected chi connectivity index (χ4v) is 3.48. The van der Waals surface area contributed by atoms with E-state index in [1.807, 2.05) is 42.6 Å². The first-order chi connectivity index (χ1) is 13.1. The van der Waals surface area contributed by atoms with Crippen LogP contribution in [0.2, 0.25) is 0 Å². The zero-order valence-electron chi connectivity index (χ0n) is 14.6. The highest BCUT2D eigenvalue weighted by Crippen LogP contribution is 2.24. The van der Waals surface area contributed by atoms with Gasteiger partial charge >= 0.3 is 0 Å². The van der Waals surface area contributed by atoms with Crippen LogP contribution < -0.4 is 4.74 Å².